The molecule has 0 saturated heterocycles. The van der Waals surface area contributed by atoms with E-state index in [-0.39, 0.29) is 6.42 Å². The van der Waals surface area contributed by atoms with Crippen molar-refractivity contribution in [2.75, 3.05) is 26.9 Å². The highest BCUT2D eigenvalue weighted by Crippen LogP contribution is 2.34. The van der Waals surface area contributed by atoms with E-state index in [9.17, 15) is 13.6 Å². The Morgan fingerprint density at radius 2 is 2.12 bits per heavy atom. The lowest BCUT2D eigenvalue weighted by molar-refractivity contribution is -0.129. The first-order valence-corrected chi connectivity index (χ1v) is 8.11. The molecule has 0 N–H and O–H groups in total. The fourth-order valence-electron chi connectivity index (χ4n) is 2.33. The zero-order valence-electron chi connectivity index (χ0n) is 13.0. The van der Waals surface area contributed by atoms with Crippen molar-refractivity contribution in [2.45, 2.75) is 18.2 Å². The van der Waals surface area contributed by atoms with Gasteiger partial charge in [0.25, 0.3) is 6.43 Å². The van der Waals surface area contributed by atoms with Crippen molar-refractivity contribution in [1.29, 1.82) is 0 Å². The summed E-state index contributed by atoms with van der Waals surface area (Å²) in [6.07, 6.45) is -0.763. The molecule has 1 aromatic rings. The minimum Gasteiger partial charge on any atom is -0.491 e. The number of alkyl halides is 3. The monoisotopic (exact) mass is 379 g/mol. The fraction of sp³-hybridized carbons (Fsp3) is 0.438. The van der Waals surface area contributed by atoms with E-state index in [1.807, 2.05) is 0 Å². The first kappa shape index (κ1) is 19.0. The quantitative estimate of drug-likeness (QED) is 0.534. The van der Waals surface area contributed by atoms with Gasteiger partial charge < -0.3 is 14.4 Å². The number of carbonyl (C=O) groups is 1. The summed E-state index contributed by atoms with van der Waals surface area (Å²) in [5.41, 5.74) is 0.818. The summed E-state index contributed by atoms with van der Waals surface area (Å²) in [6.45, 7) is 0.0629. The highest BCUT2D eigenvalue weighted by atomic mass is 35.5. The molecule has 4 nitrogen and oxygen atoms in total. The standard InChI is InChI=1S/C16H17Cl2F2NO3/c1-23-6-7-24-10-2-3-11(13(18)8-10)14-5-4-12(17)16(22)21(14)9-15(19)20/h2-3,5,8,12,15H,4,6-7,9H2,1H3. The van der Waals surface area contributed by atoms with Gasteiger partial charge in [-0.15, -0.1) is 11.6 Å². The lowest BCUT2D eigenvalue weighted by Gasteiger charge is -2.31. The van der Waals surface area contributed by atoms with Crippen molar-refractivity contribution in [3.8, 4) is 5.75 Å². The highest BCUT2D eigenvalue weighted by Gasteiger charge is 2.32. The summed E-state index contributed by atoms with van der Waals surface area (Å²) in [7, 11) is 1.56. The number of carbonyl (C=O) groups excluding carboxylic acids is 1. The van der Waals surface area contributed by atoms with Crippen molar-refractivity contribution >= 4 is 34.8 Å². The molecular formula is C16H17Cl2F2NO3. The molecule has 0 aliphatic carbocycles. The number of hydrogen-bond donors (Lipinski definition) is 0. The normalized spacial score (nSPS) is 18.1. The molecule has 1 aliphatic heterocycles. The van der Waals surface area contributed by atoms with Crippen LogP contribution in [0.4, 0.5) is 8.78 Å². The molecule has 1 atom stereocenters. The van der Waals surface area contributed by atoms with Gasteiger partial charge in [-0.05, 0) is 24.6 Å². The lowest BCUT2D eigenvalue weighted by Crippen LogP contribution is -2.41. The van der Waals surface area contributed by atoms with Crippen LogP contribution in [0.25, 0.3) is 5.70 Å². The first-order chi connectivity index (χ1) is 11.4. The zero-order chi connectivity index (χ0) is 17.7. The van der Waals surface area contributed by atoms with E-state index < -0.39 is 24.3 Å². The van der Waals surface area contributed by atoms with Gasteiger partial charge in [-0.2, -0.15) is 0 Å². The number of allylic oxidation sites excluding steroid dienone is 1. The number of benzene rings is 1. The van der Waals surface area contributed by atoms with Crippen LogP contribution in [0.3, 0.4) is 0 Å². The number of rotatable bonds is 7. The van der Waals surface area contributed by atoms with Gasteiger partial charge in [0.05, 0.1) is 18.2 Å². The average Bonchev–Trinajstić information content (AvgIpc) is 2.53. The number of halogens is 4. The van der Waals surface area contributed by atoms with Crippen molar-refractivity contribution in [3.63, 3.8) is 0 Å². The Bertz CT molecular complexity index is 625. The van der Waals surface area contributed by atoms with Gasteiger partial charge in [-0.1, -0.05) is 17.7 Å². The smallest absolute Gasteiger partial charge is 0.256 e. The molecule has 2 rings (SSSR count). The van der Waals surface area contributed by atoms with E-state index in [0.29, 0.717) is 35.2 Å². The van der Waals surface area contributed by atoms with Crippen LogP contribution in [0, 0.1) is 0 Å². The summed E-state index contributed by atoms with van der Waals surface area (Å²) >= 11 is 12.1. The molecule has 0 saturated carbocycles. The van der Waals surface area contributed by atoms with Crippen LogP contribution >= 0.6 is 23.2 Å². The second-order valence-corrected chi connectivity index (χ2v) is 6.05. The van der Waals surface area contributed by atoms with Gasteiger partial charge in [0.1, 0.15) is 17.7 Å². The van der Waals surface area contributed by atoms with Gasteiger partial charge in [0, 0.05) is 18.4 Å². The Balaban J connectivity index is 2.26. The molecule has 0 fully saturated rings. The molecule has 8 heteroatoms. The van der Waals surface area contributed by atoms with E-state index in [0.717, 1.165) is 4.90 Å². The second kappa shape index (κ2) is 8.65. The maximum absolute atomic E-state index is 12.8. The zero-order valence-corrected chi connectivity index (χ0v) is 14.5. The van der Waals surface area contributed by atoms with Gasteiger partial charge in [0.2, 0.25) is 5.91 Å². The van der Waals surface area contributed by atoms with E-state index in [1.54, 1.807) is 31.4 Å². The number of amides is 1. The molecule has 24 heavy (non-hydrogen) atoms. The van der Waals surface area contributed by atoms with Gasteiger partial charge in [-0.25, -0.2) is 8.78 Å². The minimum atomic E-state index is -2.67. The van der Waals surface area contributed by atoms with E-state index >= 15 is 0 Å². The summed E-state index contributed by atoms with van der Waals surface area (Å²) in [5, 5.41) is -0.542. The third-order valence-electron chi connectivity index (χ3n) is 3.44. The molecule has 0 aromatic heterocycles. The third kappa shape index (κ3) is 4.59. The third-order valence-corrected chi connectivity index (χ3v) is 4.11. The number of methoxy groups -OCH3 is 1. The molecule has 0 bridgehead atoms. The lowest BCUT2D eigenvalue weighted by atomic mass is 10.0. The Morgan fingerprint density at radius 1 is 1.38 bits per heavy atom. The Kier molecular flexibility index (Phi) is 6.83. The fourth-order valence-corrected chi connectivity index (χ4v) is 2.81. The summed E-state index contributed by atoms with van der Waals surface area (Å²) in [6, 6.07) is 4.87. The summed E-state index contributed by atoms with van der Waals surface area (Å²) in [5.74, 6) is -0.0230. The maximum atomic E-state index is 12.8. The predicted molar refractivity (Wildman–Crippen MR) is 88.8 cm³/mol. The van der Waals surface area contributed by atoms with Gasteiger partial charge >= 0.3 is 0 Å². The van der Waals surface area contributed by atoms with E-state index in [1.165, 1.54) is 0 Å². The van der Waals surface area contributed by atoms with Crippen LogP contribution < -0.4 is 4.74 Å². The van der Waals surface area contributed by atoms with Crippen LogP contribution in [-0.4, -0.2) is 49.5 Å². The second-order valence-electron chi connectivity index (χ2n) is 5.12. The predicted octanol–water partition coefficient (Wildman–Crippen LogP) is 3.81. The van der Waals surface area contributed by atoms with Crippen molar-refractivity contribution in [3.05, 3.63) is 34.9 Å². The SMILES string of the molecule is COCCOc1ccc(C2=CCC(Cl)C(=O)N2CC(F)F)c(Cl)c1. The molecule has 1 heterocycles. The number of ether oxygens (including phenoxy) is 2. The maximum Gasteiger partial charge on any atom is 0.256 e. The molecule has 0 spiro atoms. The summed E-state index contributed by atoms with van der Waals surface area (Å²) in [4.78, 5) is 13.1. The molecule has 1 amide bonds. The van der Waals surface area contributed by atoms with E-state index in [2.05, 4.69) is 0 Å². The molecule has 1 aliphatic rings. The number of nitrogens with zero attached hydrogens (tertiary/aromatic N) is 1. The van der Waals surface area contributed by atoms with Crippen LogP contribution in [0.2, 0.25) is 5.02 Å². The van der Waals surface area contributed by atoms with Crippen molar-refractivity contribution < 1.29 is 23.0 Å². The molecule has 132 valence electrons. The molecular weight excluding hydrogens is 363 g/mol. The Hall–Kier alpha value is -1.37. The summed E-state index contributed by atoms with van der Waals surface area (Å²) < 4.78 is 36.0. The van der Waals surface area contributed by atoms with Gasteiger partial charge in [0.15, 0.2) is 0 Å². The van der Waals surface area contributed by atoms with E-state index in [4.69, 9.17) is 32.7 Å². The largest absolute Gasteiger partial charge is 0.491 e. The van der Waals surface area contributed by atoms with Crippen LogP contribution in [0.5, 0.6) is 5.75 Å². The number of hydrogen-bond acceptors (Lipinski definition) is 3. The minimum absolute atomic E-state index is 0.262. The van der Waals surface area contributed by atoms with Gasteiger partial charge in [-0.3, -0.25) is 4.79 Å². The van der Waals surface area contributed by atoms with Crippen LogP contribution in [0.15, 0.2) is 24.3 Å². The Morgan fingerprint density at radius 3 is 2.75 bits per heavy atom. The first-order valence-electron chi connectivity index (χ1n) is 7.29. The van der Waals surface area contributed by atoms with Crippen molar-refractivity contribution in [1.82, 2.24) is 4.90 Å². The van der Waals surface area contributed by atoms with Crippen molar-refractivity contribution in [2.24, 2.45) is 0 Å². The molecule has 0 radical (unpaired) electrons. The average molecular weight is 380 g/mol. The topological polar surface area (TPSA) is 38.8 Å². The van der Waals surface area contributed by atoms with Crippen LogP contribution in [-0.2, 0) is 9.53 Å². The molecule has 1 aromatic carbocycles. The van der Waals surface area contributed by atoms with Crippen LogP contribution in [0.1, 0.15) is 12.0 Å². The molecule has 1 unspecified atom stereocenters. The Labute approximate surface area is 148 Å². The highest BCUT2D eigenvalue weighted by molar-refractivity contribution is 6.33.